The van der Waals surface area contributed by atoms with Crippen LogP contribution in [0.2, 0.25) is 5.02 Å². The van der Waals surface area contributed by atoms with Crippen LogP contribution in [0, 0.1) is 0 Å². The summed E-state index contributed by atoms with van der Waals surface area (Å²) in [6.45, 7) is 1.87. The van der Waals surface area contributed by atoms with E-state index >= 15 is 0 Å². The molecule has 0 aliphatic heterocycles. The van der Waals surface area contributed by atoms with Crippen LogP contribution in [0.5, 0.6) is 5.75 Å². The van der Waals surface area contributed by atoms with Crippen LogP contribution in [-0.2, 0) is 16.0 Å². The molecule has 0 bridgehead atoms. The van der Waals surface area contributed by atoms with Gasteiger partial charge in [0.25, 0.3) is 0 Å². The van der Waals surface area contributed by atoms with E-state index in [2.05, 4.69) is 20.5 Å². The van der Waals surface area contributed by atoms with Crippen LogP contribution in [0.4, 0.5) is 5.13 Å². The molecular weight excluding hydrogens is 510 g/mol. The van der Waals surface area contributed by atoms with Crippen LogP contribution in [0.3, 0.4) is 0 Å². The second-order valence-electron chi connectivity index (χ2n) is 7.28. The molecule has 0 aliphatic carbocycles. The maximum atomic E-state index is 12.5. The van der Waals surface area contributed by atoms with Gasteiger partial charge >= 0.3 is 5.97 Å². The number of ether oxygens (including phenoxy) is 1. The molecule has 35 heavy (non-hydrogen) atoms. The predicted octanol–water partition coefficient (Wildman–Crippen LogP) is 4.88. The minimum atomic E-state index is -0.978. The van der Waals surface area contributed by atoms with E-state index in [1.807, 2.05) is 41.8 Å². The van der Waals surface area contributed by atoms with E-state index in [1.54, 1.807) is 29.6 Å². The van der Waals surface area contributed by atoms with Crippen molar-refractivity contribution in [3.05, 3.63) is 76.5 Å². The summed E-state index contributed by atoms with van der Waals surface area (Å²) < 4.78 is 7.90. The molecule has 0 fully saturated rings. The number of carbonyl (C=O) groups is 2. The highest BCUT2D eigenvalue weighted by Gasteiger charge is 2.22. The first kappa shape index (κ1) is 24.7. The molecule has 0 saturated carbocycles. The predicted molar refractivity (Wildman–Crippen MR) is 135 cm³/mol. The maximum absolute atomic E-state index is 12.5. The fourth-order valence-corrected chi connectivity index (χ4v) is 4.73. The molecule has 2 heterocycles. The van der Waals surface area contributed by atoms with Gasteiger partial charge in [-0.1, -0.05) is 41.6 Å². The zero-order valence-corrected chi connectivity index (χ0v) is 20.8. The number of nitrogens with one attached hydrogen (secondary N) is 1. The second kappa shape index (κ2) is 11.3. The third kappa shape index (κ3) is 6.59. The van der Waals surface area contributed by atoms with Gasteiger partial charge in [-0.05, 0) is 43.3 Å². The number of carboxylic acid groups (broad SMARTS) is 1. The average Bonchev–Trinajstić information content (AvgIpc) is 3.46. The Morgan fingerprint density at radius 1 is 1.17 bits per heavy atom. The minimum absolute atomic E-state index is 0.0607. The van der Waals surface area contributed by atoms with Crippen molar-refractivity contribution in [1.82, 2.24) is 19.7 Å². The summed E-state index contributed by atoms with van der Waals surface area (Å²) in [4.78, 5) is 27.4. The first-order valence-electron chi connectivity index (χ1n) is 10.4. The highest BCUT2D eigenvalue weighted by Crippen LogP contribution is 2.28. The molecule has 2 aromatic heterocycles. The lowest BCUT2D eigenvalue weighted by Crippen LogP contribution is -2.15. The van der Waals surface area contributed by atoms with Crippen molar-refractivity contribution in [2.75, 3.05) is 11.1 Å². The molecule has 9 nitrogen and oxygen atoms in total. The number of carbonyl (C=O) groups excluding carboxylic acids is 1. The molecule has 0 saturated heterocycles. The number of amides is 1. The fraction of sp³-hybridized carbons (Fsp3) is 0.174. The van der Waals surface area contributed by atoms with E-state index in [0.29, 0.717) is 32.6 Å². The summed E-state index contributed by atoms with van der Waals surface area (Å²) in [5, 5.41) is 23.3. The Hall–Kier alpha value is -3.41. The summed E-state index contributed by atoms with van der Waals surface area (Å²) in [5.41, 5.74) is 1.23. The molecule has 12 heteroatoms. The van der Waals surface area contributed by atoms with Crippen molar-refractivity contribution in [3.63, 3.8) is 0 Å². The van der Waals surface area contributed by atoms with Gasteiger partial charge in [-0.15, -0.1) is 21.5 Å². The first-order chi connectivity index (χ1) is 16.9. The zero-order valence-electron chi connectivity index (χ0n) is 18.4. The number of nitrogens with zero attached hydrogens (tertiary/aromatic N) is 4. The van der Waals surface area contributed by atoms with Crippen molar-refractivity contribution in [2.24, 2.45) is 0 Å². The van der Waals surface area contributed by atoms with Crippen molar-refractivity contribution in [2.45, 2.75) is 24.6 Å². The third-order valence-electron chi connectivity index (χ3n) is 4.63. The van der Waals surface area contributed by atoms with Gasteiger partial charge in [0.15, 0.2) is 22.2 Å². The molecule has 180 valence electrons. The van der Waals surface area contributed by atoms with Gasteiger partial charge in [0.2, 0.25) is 5.91 Å². The molecule has 4 aromatic rings. The summed E-state index contributed by atoms with van der Waals surface area (Å²) in [6, 6.07) is 16.6. The van der Waals surface area contributed by atoms with E-state index < -0.39 is 12.1 Å². The number of anilines is 1. The molecule has 4 rings (SSSR count). The lowest BCUT2D eigenvalue weighted by atomic mass is 10.3. The normalized spacial score (nSPS) is 11.7. The number of carboxylic acids is 1. The minimum Gasteiger partial charge on any atom is -0.483 e. The molecule has 0 spiro atoms. The quantitative estimate of drug-likeness (QED) is 0.279. The second-order valence-corrected chi connectivity index (χ2v) is 9.51. The lowest BCUT2D eigenvalue weighted by molar-refractivity contribution is -0.136. The van der Waals surface area contributed by atoms with Gasteiger partial charge < -0.3 is 15.2 Å². The van der Waals surface area contributed by atoms with Crippen LogP contribution in [0.15, 0.2) is 65.1 Å². The van der Waals surface area contributed by atoms with Crippen molar-refractivity contribution in [1.29, 1.82) is 0 Å². The van der Waals surface area contributed by atoms with E-state index in [0.717, 1.165) is 5.69 Å². The zero-order chi connectivity index (χ0) is 24.8. The molecule has 1 amide bonds. The number of halogens is 1. The van der Waals surface area contributed by atoms with Crippen molar-refractivity contribution < 1.29 is 19.4 Å². The maximum Gasteiger partial charge on any atom is 0.309 e. The van der Waals surface area contributed by atoms with Gasteiger partial charge in [0, 0.05) is 16.1 Å². The Labute approximate surface area is 214 Å². The number of thiazole rings is 1. The highest BCUT2D eigenvalue weighted by molar-refractivity contribution is 7.99. The highest BCUT2D eigenvalue weighted by atomic mass is 35.5. The standard InChI is InChI=1S/C23H20ClN5O4S2/c1-14(33-18-9-7-15(24)8-10-18)21-27-28-23(29(21)17-5-3-2-4-6-17)35-13-19(30)26-22-25-16(12-34-22)11-20(31)32/h2-10,12,14H,11,13H2,1H3,(H,31,32)(H,25,26,30). The topological polar surface area (TPSA) is 119 Å². The van der Waals surface area contributed by atoms with Crippen LogP contribution in [-0.4, -0.2) is 42.5 Å². The van der Waals surface area contributed by atoms with Gasteiger partial charge in [-0.25, -0.2) is 4.98 Å². The number of rotatable bonds is 10. The number of hydrogen-bond donors (Lipinski definition) is 2. The van der Waals surface area contributed by atoms with Crippen LogP contribution in [0.1, 0.15) is 24.5 Å². The van der Waals surface area contributed by atoms with Crippen molar-refractivity contribution in [3.8, 4) is 11.4 Å². The molecule has 0 radical (unpaired) electrons. The van der Waals surface area contributed by atoms with E-state index in [4.69, 9.17) is 21.4 Å². The summed E-state index contributed by atoms with van der Waals surface area (Å²) in [5.74, 6) is 0.0108. The van der Waals surface area contributed by atoms with Gasteiger partial charge in [-0.2, -0.15) is 0 Å². The Morgan fingerprint density at radius 2 is 1.91 bits per heavy atom. The first-order valence-corrected chi connectivity index (χ1v) is 12.6. The number of aliphatic carboxylic acids is 1. The summed E-state index contributed by atoms with van der Waals surface area (Å²) >= 11 is 8.36. The molecule has 1 atom stereocenters. The van der Waals surface area contributed by atoms with Crippen LogP contribution < -0.4 is 10.1 Å². The van der Waals surface area contributed by atoms with Crippen molar-refractivity contribution >= 4 is 51.7 Å². The van der Waals surface area contributed by atoms with Crippen LogP contribution in [0.25, 0.3) is 5.69 Å². The summed E-state index contributed by atoms with van der Waals surface area (Å²) in [7, 11) is 0. The Balaban J connectivity index is 1.48. The molecule has 0 aliphatic rings. The van der Waals surface area contributed by atoms with Gasteiger partial charge in [0.05, 0.1) is 17.9 Å². The van der Waals surface area contributed by atoms with E-state index in [9.17, 15) is 9.59 Å². The van der Waals surface area contributed by atoms with Gasteiger partial charge in [0.1, 0.15) is 5.75 Å². The molecule has 2 N–H and O–H groups in total. The number of benzene rings is 2. The monoisotopic (exact) mass is 529 g/mol. The Morgan fingerprint density at radius 3 is 2.63 bits per heavy atom. The Bertz CT molecular complexity index is 1310. The molecular formula is C23H20ClN5O4S2. The number of hydrogen-bond acceptors (Lipinski definition) is 8. The van der Waals surface area contributed by atoms with E-state index in [-0.39, 0.29) is 18.1 Å². The van der Waals surface area contributed by atoms with E-state index in [1.165, 1.54) is 23.1 Å². The average molecular weight is 530 g/mol. The Kier molecular flexibility index (Phi) is 8.01. The number of aromatic nitrogens is 4. The summed E-state index contributed by atoms with van der Waals surface area (Å²) in [6.07, 6.45) is -0.629. The molecule has 1 unspecified atom stereocenters. The lowest BCUT2D eigenvalue weighted by Gasteiger charge is -2.16. The number of thioether (sulfide) groups is 1. The largest absolute Gasteiger partial charge is 0.483 e. The number of para-hydroxylation sites is 1. The molecule has 2 aromatic carbocycles. The SMILES string of the molecule is CC(Oc1ccc(Cl)cc1)c1nnc(SCC(=O)Nc2nc(CC(=O)O)cs2)n1-c1ccccc1. The smallest absolute Gasteiger partial charge is 0.309 e. The fourth-order valence-electron chi connectivity index (χ4n) is 3.11. The van der Waals surface area contributed by atoms with Gasteiger partial charge in [-0.3, -0.25) is 14.2 Å². The third-order valence-corrected chi connectivity index (χ3v) is 6.61. The van der Waals surface area contributed by atoms with Crippen LogP contribution >= 0.6 is 34.7 Å².